The van der Waals surface area contributed by atoms with E-state index >= 15 is 0 Å². The van der Waals surface area contributed by atoms with Crippen molar-refractivity contribution < 1.29 is 9.47 Å². The summed E-state index contributed by atoms with van der Waals surface area (Å²) in [5.41, 5.74) is 1.16. The maximum atomic E-state index is 5.63. The lowest BCUT2D eigenvalue weighted by Gasteiger charge is -2.14. The van der Waals surface area contributed by atoms with Crippen LogP contribution in [0.25, 0.3) is 0 Å². The molecule has 0 unspecified atom stereocenters. The zero-order valence-corrected chi connectivity index (χ0v) is 12.6. The Balaban J connectivity index is 2.72. The van der Waals surface area contributed by atoms with Crippen LogP contribution in [0.4, 0.5) is 0 Å². The van der Waals surface area contributed by atoms with E-state index in [0.29, 0.717) is 0 Å². The summed E-state index contributed by atoms with van der Waals surface area (Å²) in [6, 6.07) is 5.97. The zero-order valence-electron chi connectivity index (χ0n) is 12.6. The average molecular weight is 275 g/mol. The number of rotatable bonds is 10. The molecule has 110 valence electrons. The van der Waals surface area contributed by atoms with Crippen molar-refractivity contribution in [3.8, 4) is 11.5 Å². The Morgan fingerprint density at radius 2 is 1.45 bits per heavy atom. The van der Waals surface area contributed by atoms with Gasteiger partial charge in [0.05, 0.1) is 0 Å². The van der Waals surface area contributed by atoms with Gasteiger partial charge in [0, 0.05) is 12.6 Å². The molecule has 0 aliphatic carbocycles. The molecule has 1 aromatic rings. The smallest absolute Gasteiger partial charge is 0.135 e. The maximum absolute atomic E-state index is 5.63. The Hall–Kier alpha value is -1.22. The molecule has 3 nitrogen and oxygen atoms in total. The molecule has 0 saturated heterocycles. The monoisotopic (exact) mass is 275 g/mol. The third kappa shape index (κ3) is 6.80. The SMILES string of the molecule is [CH2]CC[CH]Oc1cc(CN(C)C)cc(O[CH]CC[CH2])c1. The van der Waals surface area contributed by atoms with Gasteiger partial charge in [-0.25, -0.2) is 0 Å². The van der Waals surface area contributed by atoms with Crippen molar-refractivity contribution in [3.05, 3.63) is 50.8 Å². The van der Waals surface area contributed by atoms with Crippen molar-refractivity contribution in [2.45, 2.75) is 32.2 Å². The van der Waals surface area contributed by atoms with Crippen LogP contribution in [-0.2, 0) is 6.54 Å². The van der Waals surface area contributed by atoms with E-state index in [4.69, 9.17) is 9.47 Å². The van der Waals surface area contributed by atoms with Gasteiger partial charge < -0.3 is 14.4 Å². The van der Waals surface area contributed by atoms with Gasteiger partial charge in [-0.15, -0.1) is 0 Å². The van der Waals surface area contributed by atoms with Crippen LogP contribution in [0.1, 0.15) is 31.2 Å². The summed E-state index contributed by atoms with van der Waals surface area (Å²) in [6.45, 7) is 12.0. The largest absolute Gasteiger partial charge is 0.486 e. The lowest BCUT2D eigenvalue weighted by Crippen LogP contribution is -2.10. The third-order valence-corrected chi connectivity index (χ3v) is 2.52. The van der Waals surface area contributed by atoms with Crippen molar-refractivity contribution in [3.63, 3.8) is 0 Å². The Bertz CT molecular complexity index is 349. The molecule has 0 aliphatic heterocycles. The number of hydrogen-bond acceptors (Lipinski definition) is 3. The predicted molar refractivity (Wildman–Crippen MR) is 82.9 cm³/mol. The molecular weight excluding hydrogens is 250 g/mol. The molecular formula is C17H25NO2. The number of unbranched alkanes of at least 4 members (excludes halogenated alkanes) is 2. The molecule has 0 saturated carbocycles. The molecule has 1 rings (SSSR count). The lowest BCUT2D eigenvalue weighted by atomic mass is 10.2. The first kappa shape index (κ1) is 16.8. The molecule has 0 spiro atoms. The van der Waals surface area contributed by atoms with E-state index in [1.54, 1.807) is 13.2 Å². The highest BCUT2D eigenvalue weighted by Gasteiger charge is 2.05. The van der Waals surface area contributed by atoms with Crippen molar-refractivity contribution in [2.75, 3.05) is 14.1 Å². The molecule has 1 aromatic carbocycles. The molecule has 20 heavy (non-hydrogen) atoms. The van der Waals surface area contributed by atoms with Gasteiger partial charge in [0.2, 0.25) is 0 Å². The summed E-state index contributed by atoms with van der Waals surface area (Å²) in [5.74, 6) is 1.60. The van der Waals surface area contributed by atoms with Gasteiger partial charge in [-0.2, -0.15) is 0 Å². The quantitative estimate of drug-likeness (QED) is 0.601. The summed E-state index contributed by atoms with van der Waals surface area (Å²) < 4.78 is 11.3. The molecule has 0 aromatic heterocycles. The van der Waals surface area contributed by atoms with E-state index in [2.05, 4.69) is 18.7 Å². The van der Waals surface area contributed by atoms with E-state index in [1.807, 2.05) is 32.3 Å². The van der Waals surface area contributed by atoms with Gasteiger partial charge in [-0.05, 0) is 57.5 Å². The highest BCUT2D eigenvalue weighted by Crippen LogP contribution is 2.25. The zero-order chi connectivity index (χ0) is 14.8. The number of ether oxygens (including phenoxy) is 2. The second-order valence-corrected chi connectivity index (χ2v) is 4.90. The van der Waals surface area contributed by atoms with Gasteiger partial charge in [0.25, 0.3) is 0 Å². The fraction of sp³-hybridized carbons (Fsp3) is 0.412. The third-order valence-electron chi connectivity index (χ3n) is 2.52. The van der Waals surface area contributed by atoms with Gasteiger partial charge in [0.15, 0.2) is 0 Å². The van der Waals surface area contributed by atoms with Crippen molar-refractivity contribution in [2.24, 2.45) is 0 Å². The molecule has 0 aliphatic rings. The maximum Gasteiger partial charge on any atom is 0.135 e. The molecule has 0 amide bonds. The van der Waals surface area contributed by atoms with Crippen molar-refractivity contribution >= 4 is 0 Å². The van der Waals surface area contributed by atoms with Gasteiger partial charge in [0.1, 0.15) is 24.7 Å². The number of hydrogen-bond donors (Lipinski definition) is 0. The predicted octanol–water partition coefficient (Wildman–Crippen LogP) is 4.06. The highest BCUT2D eigenvalue weighted by molar-refractivity contribution is 5.39. The van der Waals surface area contributed by atoms with Crippen LogP contribution in [0.3, 0.4) is 0 Å². The minimum absolute atomic E-state index is 0.802. The van der Waals surface area contributed by atoms with E-state index < -0.39 is 0 Å². The van der Waals surface area contributed by atoms with E-state index in [1.165, 1.54) is 0 Å². The average Bonchev–Trinajstić information content (AvgIpc) is 2.38. The summed E-state index contributed by atoms with van der Waals surface area (Å²) >= 11 is 0. The fourth-order valence-corrected chi connectivity index (χ4v) is 1.70. The molecule has 0 bridgehead atoms. The molecule has 0 fully saturated rings. The second-order valence-electron chi connectivity index (χ2n) is 4.90. The molecule has 4 radical (unpaired) electrons. The Kier molecular flexibility index (Phi) is 8.12. The second kappa shape index (κ2) is 9.65. The topological polar surface area (TPSA) is 21.7 Å². The number of nitrogens with zero attached hydrogens (tertiary/aromatic N) is 1. The molecule has 0 N–H and O–H groups in total. The molecule has 0 heterocycles. The Morgan fingerprint density at radius 1 is 0.950 bits per heavy atom. The Labute approximate surface area is 123 Å². The minimum atomic E-state index is 0.802. The highest BCUT2D eigenvalue weighted by atomic mass is 16.5. The van der Waals surface area contributed by atoms with Crippen LogP contribution in [0.2, 0.25) is 0 Å². The Morgan fingerprint density at radius 3 is 1.85 bits per heavy atom. The summed E-state index contributed by atoms with van der Waals surface area (Å²) in [4.78, 5) is 2.11. The van der Waals surface area contributed by atoms with Gasteiger partial charge in [-0.3, -0.25) is 0 Å². The van der Waals surface area contributed by atoms with Crippen LogP contribution in [0, 0.1) is 27.1 Å². The minimum Gasteiger partial charge on any atom is -0.486 e. The normalized spacial score (nSPS) is 10.8. The number of benzene rings is 1. The van der Waals surface area contributed by atoms with E-state index in [9.17, 15) is 0 Å². The first-order valence-electron chi connectivity index (χ1n) is 6.99. The standard InChI is InChI=1S/C17H25NO2/c1-5-7-9-19-16-11-15(14-18(3)4)12-17(13-16)20-10-8-6-2/h9-13H,1-2,5-8,14H2,3-4H3. The van der Waals surface area contributed by atoms with Gasteiger partial charge >= 0.3 is 0 Å². The summed E-state index contributed by atoms with van der Waals surface area (Å²) in [6.07, 6.45) is 3.33. The molecule has 0 atom stereocenters. The molecule has 3 heteroatoms. The lowest BCUT2D eigenvalue weighted by molar-refractivity contribution is 0.367. The fourth-order valence-electron chi connectivity index (χ4n) is 1.70. The summed E-state index contributed by atoms with van der Waals surface area (Å²) in [5, 5.41) is 0. The van der Waals surface area contributed by atoms with Crippen LogP contribution in [0.15, 0.2) is 18.2 Å². The van der Waals surface area contributed by atoms with Crippen LogP contribution in [-0.4, -0.2) is 19.0 Å². The van der Waals surface area contributed by atoms with E-state index in [-0.39, 0.29) is 0 Å². The first-order valence-corrected chi connectivity index (χ1v) is 6.99. The van der Waals surface area contributed by atoms with Gasteiger partial charge in [-0.1, -0.05) is 13.8 Å². The van der Waals surface area contributed by atoms with E-state index in [0.717, 1.165) is 49.3 Å². The van der Waals surface area contributed by atoms with Crippen molar-refractivity contribution in [1.29, 1.82) is 0 Å². The van der Waals surface area contributed by atoms with Crippen LogP contribution in [0.5, 0.6) is 11.5 Å². The van der Waals surface area contributed by atoms with Crippen molar-refractivity contribution in [1.82, 2.24) is 4.90 Å². The van der Waals surface area contributed by atoms with Crippen LogP contribution < -0.4 is 9.47 Å². The summed E-state index contributed by atoms with van der Waals surface area (Å²) in [7, 11) is 4.08. The van der Waals surface area contributed by atoms with Crippen LogP contribution >= 0.6 is 0 Å². The first-order chi connectivity index (χ1) is 9.65.